The monoisotopic (exact) mass is 536 g/mol. The Morgan fingerprint density at radius 1 is 0.381 bits per heavy atom. The molecule has 4 nitrogen and oxygen atoms in total. The van der Waals surface area contributed by atoms with Crippen molar-refractivity contribution in [1.82, 2.24) is 0 Å². The van der Waals surface area contributed by atoms with E-state index in [0.717, 1.165) is 77.3 Å². The van der Waals surface area contributed by atoms with Gasteiger partial charge in [-0.25, -0.2) is 0 Å². The van der Waals surface area contributed by atoms with E-state index in [2.05, 4.69) is 66.7 Å². The number of fused-ring (bicyclic) bond motifs is 6. The van der Waals surface area contributed by atoms with Crippen molar-refractivity contribution in [1.29, 1.82) is 10.5 Å². The van der Waals surface area contributed by atoms with Crippen molar-refractivity contribution in [3.05, 3.63) is 132 Å². The summed E-state index contributed by atoms with van der Waals surface area (Å²) in [4.78, 5) is 0. The van der Waals surface area contributed by atoms with Gasteiger partial charge in [0.2, 0.25) is 0 Å². The van der Waals surface area contributed by atoms with E-state index in [1.165, 1.54) is 0 Å². The lowest BCUT2D eigenvalue weighted by Crippen LogP contribution is -1.90. The van der Waals surface area contributed by atoms with Gasteiger partial charge in [-0.2, -0.15) is 10.5 Å². The lowest BCUT2D eigenvalue weighted by Gasteiger charge is -2.14. The molecular formula is C38H20N2O2. The average molecular weight is 537 g/mol. The molecule has 0 aliphatic heterocycles. The molecule has 0 aliphatic carbocycles. The third-order valence-corrected chi connectivity index (χ3v) is 7.92. The number of furan rings is 2. The lowest BCUT2D eigenvalue weighted by molar-refractivity contribution is 0.668. The highest BCUT2D eigenvalue weighted by molar-refractivity contribution is 6.08. The maximum Gasteiger partial charge on any atom is 0.135 e. The first kappa shape index (κ1) is 23.8. The normalized spacial score (nSPS) is 11.3. The zero-order chi connectivity index (χ0) is 28.2. The molecule has 0 atom stereocenters. The number of nitrogens with zero attached hydrogens (tertiary/aromatic N) is 2. The molecule has 6 aromatic carbocycles. The molecule has 0 aliphatic rings. The molecule has 0 saturated carbocycles. The second kappa shape index (κ2) is 9.24. The number of hydrogen-bond acceptors (Lipinski definition) is 4. The molecule has 0 radical (unpaired) electrons. The molecule has 2 aromatic heterocycles. The molecule has 42 heavy (non-hydrogen) atoms. The highest BCUT2D eigenvalue weighted by Crippen LogP contribution is 2.40. The van der Waals surface area contributed by atoms with Crippen LogP contribution in [-0.2, 0) is 0 Å². The predicted molar refractivity (Wildman–Crippen MR) is 167 cm³/mol. The van der Waals surface area contributed by atoms with Crippen LogP contribution in [0.4, 0.5) is 0 Å². The van der Waals surface area contributed by atoms with Crippen LogP contribution in [0, 0.1) is 22.7 Å². The van der Waals surface area contributed by atoms with Crippen LogP contribution in [0.1, 0.15) is 11.1 Å². The van der Waals surface area contributed by atoms with Crippen LogP contribution in [-0.4, -0.2) is 0 Å². The fourth-order valence-corrected chi connectivity index (χ4v) is 5.93. The largest absolute Gasteiger partial charge is 0.456 e. The van der Waals surface area contributed by atoms with Crippen molar-refractivity contribution in [2.24, 2.45) is 0 Å². The second-order valence-electron chi connectivity index (χ2n) is 10.4. The highest BCUT2D eigenvalue weighted by atomic mass is 16.3. The molecule has 8 rings (SSSR count). The summed E-state index contributed by atoms with van der Waals surface area (Å²) in [5.41, 5.74) is 10.1. The van der Waals surface area contributed by atoms with Crippen LogP contribution in [0.2, 0.25) is 0 Å². The van der Waals surface area contributed by atoms with E-state index in [-0.39, 0.29) is 0 Å². The zero-order valence-corrected chi connectivity index (χ0v) is 22.3. The fraction of sp³-hybridized carbons (Fsp3) is 0. The predicted octanol–water partition coefficient (Wildman–Crippen LogP) is 10.2. The van der Waals surface area contributed by atoms with Gasteiger partial charge < -0.3 is 8.83 Å². The number of hydrogen-bond donors (Lipinski definition) is 0. The van der Waals surface area contributed by atoms with Gasteiger partial charge in [0.1, 0.15) is 22.3 Å². The Morgan fingerprint density at radius 2 is 0.881 bits per heavy atom. The van der Waals surface area contributed by atoms with Gasteiger partial charge in [0.15, 0.2) is 0 Å². The maximum atomic E-state index is 9.73. The Bertz CT molecular complexity index is 2410. The van der Waals surface area contributed by atoms with Crippen LogP contribution in [0.25, 0.3) is 77.3 Å². The molecular weight excluding hydrogens is 516 g/mol. The van der Waals surface area contributed by atoms with E-state index in [1.54, 1.807) is 6.07 Å². The summed E-state index contributed by atoms with van der Waals surface area (Å²) in [6, 6.07) is 44.7. The first-order chi connectivity index (χ1) is 20.7. The molecule has 0 saturated heterocycles. The van der Waals surface area contributed by atoms with Crippen molar-refractivity contribution >= 4 is 43.9 Å². The first-order valence-electron chi connectivity index (χ1n) is 13.6. The summed E-state index contributed by atoms with van der Waals surface area (Å²) in [6.45, 7) is 0. The van der Waals surface area contributed by atoms with E-state index >= 15 is 0 Å². The van der Waals surface area contributed by atoms with Crippen LogP contribution >= 0.6 is 0 Å². The minimum atomic E-state index is 0.447. The minimum absolute atomic E-state index is 0.447. The second-order valence-corrected chi connectivity index (χ2v) is 10.4. The van der Waals surface area contributed by atoms with Gasteiger partial charge in [-0.3, -0.25) is 0 Å². The van der Waals surface area contributed by atoms with Gasteiger partial charge in [-0.1, -0.05) is 60.7 Å². The lowest BCUT2D eigenvalue weighted by atomic mass is 9.89. The van der Waals surface area contributed by atoms with E-state index in [0.29, 0.717) is 11.1 Å². The Hall–Kier alpha value is -6.10. The molecule has 0 spiro atoms. The molecule has 0 fully saturated rings. The smallest absolute Gasteiger partial charge is 0.135 e. The van der Waals surface area contributed by atoms with Gasteiger partial charge in [0.25, 0.3) is 0 Å². The fourth-order valence-electron chi connectivity index (χ4n) is 5.93. The maximum absolute atomic E-state index is 9.73. The van der Waals surface area contributed by atoms with E-state index < -0.39 is 0 Å². The van der Waals surface area contributed by atoms with Crippen LogP contribution in [0.15, 0.2) is 130 Å². The highest BCUT2D eigenvalue weighted by Gasteiger charge is 2.15. The number of benzene rings is 6. The Kier molecular flexibility index (Phi) is 5.22. The molecule has 4 heteroatoms. The van der Waals surface area contributed by atoms with E-state index in [4.69, 9.17) is 8.83 Å². The SMILES string of the molecule is N#Cc1cc(C#N)cc(-c2cc(-c3ccc4oc5ccccc5c4c3)ccc2-c2ccc3oc4ccccc4c3c2)c1. The van der Waals surface area contributed by atoms with E-state index in [1.807, 2.05) is 60.7 Å². The standard InChI is InChI=1S/C38H20N2O2/c39-21-23-15-24(22-40)17-28(16-23)32-18-25(26-10-13-37-33(19-26)30-5-1-3-7-35(30)41-37)9-12-29(32)27-11-14-38-34(20-27)31-6-2-4-8-36(31)42-38/h1-20H. The number of nitriles is 2. The molecule has 0 N–H and O–H groups in total. The summed E-state index contributed by atoms with van der Waals surface area (Å²) >= 11 is 0. The van der Waals surface area contributed by atoms with Crippen molar-refractivity contribution < 1.29 is 8.83 Å². The summed E-state index contributed by atoms with van der Waals surface area (Å²) < 4.78 is 12.1. The van der Waals surface area contributed by atoms with Crippen molar-refractivity contribution in [2.45, 2.75) is 0 Å². The molecule has 194 valence electrons. The van der Waals surface area contributed by atoms with Crippen molar-refractivity contribution in [3.8, 4) is 45.5 Å². The van der Waals surface area contributed by atoms with Gasteiger partial charge in [-0.15, -0.1) is 0 Å². The van der Waals surface area contributed by atoms with Gasteiger partial charge in [-0.05, 0) is 94.0 Å². The van der Waals surface area contributed by atoms with Crippen LogP contribution in [0.3, 0.4) is 0 Å². The van der Waals surface area contributed by atoms with Crippen molar-refractivity contribution in [2.75, 3.05) is 0 Å². The van der Waals surface area contributed by atoms with E-state index in [9.17, 15) is 10.5 Å². The number of rotatable bonds is 3. The minimum Gasteiger partial charge on any atom is -0.456 e. The summed E-state index contributed by atoms with van der Waals surface area (Å²) in [7, 11) is 0. The molecule has 2 heterocycles. The topological polar surface area (TPSA) is 73.9 Å². The van der Waals surface area contributed by atoms with Gasteiger partial charge >= 0.3 is 0 Å². The molecule has 0 unspecified atom stereocenters. The Morgan fingerprint density at radius 3 is 1.50 bits per heavy atom. The van der Waals surface area contributed by atoms with Crippen LogP contribution in [0.5, 0.6) is 0 Å². The Labute approximate surface area is 240 Å². The van der Waals surface area contributed by atoms with Gasteiger partial charge in [0.05, 0.1) is 23.3 Å². The first-order valence-corrected chi connectivity index (χ1v) is 13.6. The molecule has 0 bridgehead atoms. The average Bonchev–Trinajstić information content (AvgIpc) is 3.61. The van der Waals surface area contributed by atoms with Crippen molar-refractivity contribution in [3.63, 3.8) is 0 Å². The third kappa shape index (κ3) is 3.75. The quantitative estimate of drug-likeness (QED) is 0.225. The summed E-state index contributed by atoms with van der Waals surface area (Å²) in [6.07, 6.45) is 0. The molecule has 0 amide bonds. The molecule has 8 aromatic rings. The zero-order valence-electron chi connectivity index (χ0n) is 22.3. The third-order valence-electron chi connectivity index (χ3n) is 7.92. The van der Waals surface area contributed by atoms with Crippen LogP contribution < -0.4 is 0 Å². The Balaban J connectivity index is 1.36. The number of para-hydroxylation sites is 2. The summed E-state index contributed by atoms with van der Waals surface area (Å²) in [5.74, 6) is 0. The summed E-state index contributed by atoms with van der Waals surface area (Å²) in [5, 5.41) is 23.7. The van der Waals surface area contributed by atoms with Gasteiger partial charge in [0, 0.05) is 21.5 Å².